The van der Waals surface area contributed by atoms with Gasteiger partial charge < -0.3 is 14.8 Å². The molecule has 1 heterocycles. The van der Waals surface area contributed by atoms with Crippen molar-refractivity contribution in [2.75, 3.05) is 0 Å². The monoisotopic (exact) mass is 377 g/mol. The highest BCUT2D eigenvalue weighted by Gasteiger charge is 2.29. The summed E-state index contributed by atoms with van der Waals surface area (Å²) in [6.07, 6.45) is -1.78. The number of H-pyrrole nitrogens is 1. The standard InChI is InChI=1S/C23H23NO4/c1-14-19(16(3)25)15(2)24-20(14)23(27)28-22(18-12-8-5-9-13-18)21(26)17-10-6-4-7-11-17/h4-13,16,22,24-25H,1-3H3/t16-,22-/m0/s1. The molecule has 0 saturated carbocycles. The van der Waals surface area contributed by atoms with Crippen molar-refractivity contribution in [3.05, 3.63) is 94.3 Å². The zero-order valence-electron chi connectivity index (χ0n) is 16.1. The van der Waals surface area contributed by atoms with Crippen LogP contribution in [0, 0.1) is 13.8 Å². The number of rotatable bonds is 6. The van der Waals surface area contributed by atoms with Crippen molar-refractivity contribution in [1.82, 2.24) is 4.98 Å². The Morgan fingerprint density at radius 2 is 1.54 bits per heavy atom. The van der Waals surface area contributed by atoms with Gasteiger partial charge in [0.05, 0.1) is 6.10 Å². The van der Waals surface area contributed by atoms with Crippen molar-refractivity contribution in [3.63, 3.8) is 0 Å². The third kappa shape index (κ3) is 3.89. The summed E-state index contributed by atoms with van der Waals surface area (Å²) in [5.41, 5.74) is 3.30. The Kier molecular flexibility index (Phi) is 5.76. The first kappa shape index (κ1) is 19.6. The van der Waals surface area contributed by atoms with Gasteiger partial charge in [0.25, 0.3) is 0 Å². The summed E-state index contributed by atoms with van der Waals surface area (Å²) in [5, 5.41) is 9.95. The maximum atomic E-state index is 13.0. The summed E-state index contributed by atoms with van der Waals surface area (Å²) in [7, 11) is 0. The van der Waals surface area contributed by atoms with Crippen LogP contribution in [0.3, 0.4) is 0 Å². The van der Waals surface area contributed by atoms with Gasteiger partial charge in [0, 0.05) is 22.4 Å². The lowest BCUT2D eigenvalue weighted by molar-refractivity contribution is 0.0274. The van der Waals surface area contributed by atoms with Crippen LogP contribution in [-0.2, 0) is 4.74 Å². The van der Waals surface area contributed by atoms with Crippen LogP contribution in [0.5, 0.6) is 0 Å². The molecule has 0 aliphatic heterocycles. The molecular weight excluding hydrogens is 354 g/mol. The van der Waals surface area contributed by atoms with Gasteiger partial charge in [-0.2, -0.15) is 0 Å². The molecule has 1 aromatic heterocycles. The number of carbonyl (C=O) groups excluding carboxylic acids is 2. The van der Waals surface area contributed by atoms with E-state index in [2.05, 4.69) is 4.98 Å². The summed E-state index contributed by atoms with van der Waals surface area (Å²) in [5.74, 6) is -0.928. The normalized spacial score (nSPS) is 13.0. The number of hydrogen-bond acceptors (Lipinski definition) is 4. The van der Waals surface area contributed by atoms with E-state index >= 15 is 0 Å². The summed E-state index contributed by atoms with van der Waals surface area (Å²) < 4.78 is 5.67. The highest BCUT2D eigenvalue weighted by molar-refractivity contribution is 6.02. The number of Topliss-reactive ketones (excluding diaryl/α,β-unsaturated/α-hetero) is 1. The fourth-order valence-electron chi connectivity index (χ4n) is 3.42. The van der Waals surface area contributed by atoms with Crippen LogP contribution >= 0.6 is 0 Å². The first-order chi connectivity index (χ1) is 13.4. The van der Waals surface area contributed by atoms with Crippen LogP contribution in [0.25, 0.3) is 0 Å². The molecule has 0 radical (unpaired) electrons. The van der Waals surface area contributed by atoms with Crippen LogP contribution in [0.1, 0.15) is 62.4 Å². The van der Waals surface area contributed by atoms with Gasteiger partial charge in [-0.15, -0.1) is 0 Å². The smallest absolute Gasteiger partial charge is 0.356 e. The molecule has 5 heteroatoms. The summed E-state index contributed by atoms with van der Waals surface area (Å²) in [6.45, 7) is 5.18. The maximum absolute atomic E-state index is 13.0. The van der Waals surface area contributed by atoms with Gasteiger partial charge in [0.1, 0.15) is 5.69 Å². The number of ketones is 1. The Hall–Kier alpha value is -3.18. The minimum atomic E-state index is -1.06. The number of aromatic amines is 1. The third-order valence-electron chi connectivity index (χ3n) is 4.74. The largest absolute Gasteiger partial charge is 0.444 e. The predicted octanol–water partition coefficient (Wildman–Crippen LogP) is 4.47. The van der Waals surface area contributed by atoms with Crippen LogP contribution in [-0.4, -0.2) is 21.8 Å². The van der Waals surface area contributed by atoms with E-state index in [1.807, 2.05) is 12.1 Å². The van der Waals surface area contributed by atoms with Gasteiger partial charge in [0.15, 0.2) is 6.10 Å². The van der Waals surface area contributed by atoms with Gasteiger partial charge in [-0.3, -0.25) is 4.79 Å². The maximum Gasteiger partial charge on any atom is 0.356 e. The quantitative estimate of drug-likeness (QED) is 0.491. The number of esters is 1. The number of nitrogens with one attached hydrogen (secondary N) is 1. The van der Waals surface area contributed by atoms with Gasteiger partial charge in [-0.05, 0) is 26.3 Å². The van der Waals surface area contributed by atoms with E-state index in [1.165, 1.54) is 0 Å². The highest BCUT2D eigenvalue weighted by Crippen LogP contribution is 2.28. The number of aliphatic hydroxyl groups is 1. The second-order valence-corrected chi connectivity index (χ2v) is 6.77. The molecule has 0 aliphatic carbocycles. The number of aryl methyl sites for hydroxylation is 1. The van der Waals surface area contributed by atoms with E-state index in [9.17, 15) is 14.7 Å². The van der Waals surface area contributed by atoms with Gasteiger partial charge in [-0.25, -0.2) is 4.79 Å². The number of carbonyl (C=O) groups is 2. The molecule has 0 unspecified atom stereocenters. The predicted molar refractivity (Wildman–Crippen MR) is 106 cm³/mol. The lowest BCUT2D eigenvalue weighted by Crippen LogP contribution is -2.21. The fourth-order valence-corrected chi connectivity index (χ4v) is 3.42. The van der Waals surface area contributed by atoms with E-state index in [0.29, 0.717) is 27.9 Å². The molecule has 3 aromatic rings. The molecule has 0 bridgehead atoms. The van der Waals surface area contributed by atoms with Crippen molar-refractivity contribution in [2.24, 2.45) is 0 Å². The van der Waals surface area contributed by atoms with E-state index in [1.54, 1.807) is 69.3 Å². The van der Waals surface area contributed by atoms with Crippen LogP contribution in [0.15, 0.2) is 60.7 Å². The molecule has 2 atom stereocenters. The van der Waals surface area contributed by atoms with Crippen LogP contribution in [0.2, 0.25) is 0 Å². The number of ether oxygens (including phenoxy) is 1. The third-order valence-corrected chi connectivity index (χ3v) is 4.74. The molecule has 0 spiro atoms. The zero-order chi connectivity index (χ0) is 20.3. The van der Waals surface area contributed by atoms with Crippen LogP contribution in [0.4, 0.5) is 0 Å². The van der Waals surface area contributed by atoms with Gasteiger partial charge in [0.2, 0.25) is 5.78 Å². The molecule has 0 saturated heterocycles. The van der Waals surface area contributed by atoms with Crippen molar-refractivity contribution >= 4 is 11.8 Å². The molecule has 28 heavy (non-hydrogen) atoms. The van der Waals surface area contributed by atoms with Crippen molar-refractivity contribution < 1.29 is 19.4 Å². The van der Waals surface area contributed by atoms with Crippen LogP contribution < -0.4 is 0 Å². The van der Waals surface area contributed by atoms with E-state index in [-0.39, 0.29) is 11.5 Å². The molecule has 0 fully saturated rings. The fraction of sp³-hybridized carbons (Fsp3) is 0.217. The molecular formula is C23H23NO4. The molecule has 144 valence electrons. The molecule has 5 nitrogen and oxygen atoms in total. The first-order valence-corrected chi connectivity index (χ1v) is 9.12. The molecule has 0 aliphatic rings. The average Bonchev–Trinajstić information content (AvgIpc) is 3.01. The van der Waals surface area contributed by atoms with Crippen molar-refractivity contribution in [1.29, 1.82) is 0 Å². The summed E-state index contributed by atoms with van der Waals surface area (Å²) >= 11 is 0. The molecule has 3 rings (SSSR count). The van der Waals surface area contributed by atoms with Crippen molar-refractivity contribution in [2.45, 2.75) is 33.0 Å². The van der Waals surface area contributed by atoms with E-state index in [4.69, 9.17) is 4.74 Å². The zero-order valence-corrected chi connectivity index (χ0v) is 16.1. The second-order valence-electron chi connectivity index (χ2n) is 6.77. The van der Waals surface area contributed by atoms with E-state index < -0.39 is 18.2 Å². The highest BCUT2D eigenvalue weighted by atomic mass is 16.5. The van der Waals surface area contributed by atoms with Gasteiger partial charge in [-0.1, -0.05) is 60.7 Å². The van der Waals surface area contributed by atoms with Crippen molar-refractivity contribution in [3.8, 4) is 0 Å². The molecule has 2 aromatic carbocycles. The summed E-state index contributed by atoms with van der Waals surface area (Å²) in [6, 6.07) is 17.7. The number of benzene rings is 2. The SMILES string of the molecule is Cc1[nH]c(C(=O)O[C@H](C(=O)c2ccccc2)c2ccccc2)c(C)c1[C@H](C)O. The Bertz CT molecular complexity index is 975. The number of hydrogen-bond donors (Lipinski definition) is 2. The topological polar surface area (TPSA) is 79.4 Å². The summed E-state index contributed by atoms with van der Waals surface area (Å²) in [4.78, 5) is 28.9. The minimum Gasteiger partial charge on any atom is -0.444 e. The Morgan fingerprint density at radius 1 is 0.964 bits per heavy atom. The number of aliphatic hydroxyl groups excluding tert-OH is 1. The lowest BCUT2D eigenvalue weighted by atomic mass is 9.99. The minimum absolute atomic E-state index is 0.246. The second kappa shape index (κ2) is 8.23. The molecule has 0 amide bonds. The molecule has 2 N–H and O–H groups in total. The number of aromatic nitrogens is 1. The Balaban J connectivity index is 1.95. The first-order valence-electron chi connectivity index (χ1n) is 9.12. The van der Waals surface area contributed by atoms with E-state index in [0.717, 1.165) is 0 Å². The Labute approximate surface area is 164 Å². The van der Waals surface area contributed by atoms with Gasteiger partial charge >= 0.3 is 5.97 Å². The lowest BCUT2D eigenvalue weighted by Gasteiger charge is -2.17. The average molecular weight is 377 g/mol. The Morgan fingerprint density at radius 3 is 2.07 bits per heavy atom.